The summed E-state index contributed by atoms with van der Waals surface area (Å²) in [6, 6.07) is 8.51. The number of nitrogens with one attached hydrogen (secondary N) is 1. The van der Waals surface area contributed by atoms with Gasteiger partial charge in [0, 0.05) is 25.3 Å². The first-order chi connectivity index (χ1) is 17.9. The van der Waals surface area contributed by atoms with E-state index in [0.717, 1.165) is 59.9 Å². The normalized spacial score (nSPS) is 20.7. The maximum absolute atomic E-state index is 5.69. The SMILES string of the molecule is CO[C@@H]1CCc2c(C)cc(N=C3N=C(Nc4cc(C)c5c(n4)[C@H](OC)CC5)c4cc(C)c(C)cc43)nc21. The summed E-state index contributed by atoms with van der Waals surface area (Å²) in [4.78, 5) is 19.7. The van der Waals surface area contributed by atoms with Gasteiger partial charge in [0.15, 0.2) is 11.7 Å². The van der Waals surface area contributed by atoms with E-state index in [-0.39, 0.29) is 12.2 Å². The number of hydrogen-bond acceptors (Lipinski definition) is 6. The third kappa shape index (κ3) is 4.06. The summed E-state index contributed by atoms with van der Waals surface area (Å²) in [6.45, 7) is 8.52. The largest absolute Gasteiger partial charge is 0.375 e. The molecule has 2 aliphatic carbocycles. The number of aromatic nitrogens is 2. The molecule has 0 unspecified atom stereocenters. The lowest BCUT2D eigenvalue weighted by molar-refractivity contribution is 0.102. The Morgan fingerprint density at radius 1 is 0.757 bits per heavy atom. The summed E-state index contributed by atoms with van der Waals surface area (Å²) in [5.74, 6) is 2.85. The van der Waals surface area contributed by atoms with Crippen molar-refractivity contribution in [3.63, 3.8) is 0 Å². The highest BCUT2D eigenvalue weighted by atomic mass is 16.5. The molecule has 3 heterocycles. The lowest BCUT2D eigenvalue weighted by Crippen LogP contribution is -2.14. The van der Waals surface area contributed by atoms with Gasteiger partial charge in [-0.15, -0.1) is 0 Å². The minimum absolute atomic E-state index is 0.0281. The fourth-order valence-corrected chi connectivity index (χ4v) is 5.85. The number of pyridine rings is 2. The maximum Gasteiger partial charge on any atom is 0.164 e. The van der Waals surface area contributed by atoms with E-state index < -0.39 is 0 Å². The Labute approximate surface area is 218 Å². The van der Waals surface area contributed by atoms with Crippen LogP contribution in [0.3, 0.4) is 0 Å². The van der Waals surface area contributed by atoms with E-state index in [1.54, 1.807) is 14.2 Å². The van der Waals surface area contributed by atoms with E-state index in [1.165, 1.54) is 33.4 Å². The molecular weight excluding hydrogens is 462 g/mol. The Kier molecular flexibility index (Phi) is 5.92. The highest BCUT2D eigenvalue weighted by Gasteiger charge is 2.29. The Morgan fingerprint density at radius 3 is 2.00 bits per heavy atom. The first kappa shape index (κ1) is 23.9. The number of fused-ring (bicyclic) bond motifs is 3. The van der Waals surface area contributed by atoms with Crippen LogP contribution in [0.15, 0.2) is 34.3 Å². The van der Waals surface area contributed by atoms with Crippen LogP contribution >= 0.6 is 0 Å². The maximum atomic E-state index is 5.69. The Hall–Kier alpha value is -3.42. The lowest BCUT2D eigenvalue weighted by Gasteiger charge is -2.14. The van der Waals surface area contributed by atoms with Gasteiger partial charge in [0.1, 0.15) is 11.7 Å². The third-order valence-electron chi connectivity index (χ3n) is 8.05. The average molecular weight is 496 g/mol. The van der Waals surface area contributed by atoms with Gasteiger partial charge in [0.25, 0.3) is 0 Å². The third-order valence-corrected chi connectivity index (χ3v) is 8.05. The molecule has 0 radical (unpaired) electrons. The van der Waals surface area contributed by atoms with Crippen LogP contribution in [0, 0.1) is 27.7 Å². The summed E-state index contributed by atoms with van der Waals surface area (Å²) in [7, 11) is 3.51. The number of aryl methyl sites for hydroxylation is 4. The smallest absolute Gasteiger partial charge is 0.164 e. The number of nitrogens with zero attached hydrogens (tertiary/aromatic N) is 4. The molecular formula is C30H33N5O2. The molecule has 0 fully saturated rings. The molecule has 6 rings (SSSR count). The number of hydrogen-bond donors (Lipinski definition) is 1. The van der Waals surface area contributed by atoms with Gasteiger partial charge in [0.05, 0.1) is 23.6 Å². The van der Waals surface area contributed by atoms with Crippen molar-refractivity contribution < 1.29 is 9.47 Å². The second-order valence-electron chi connectivity index (χ2n) is 10.4. The fourth-order valence-electron chi connectivity index (χ4n) is 5.85. The van der Waals surface area contributed by atoms with Crippen molar-refractivity contribution in [2.24, 2.45) is 9.98 Å². The van der Waals surface area contributed by atoms with E-state index in [1.807, 2.05) is 0 Å². The van der Waals surface area contributed by atoms with E-state index in [4.69, 9.17) is 29.4 Å². The molecule has 0 bridgehead atoms. The summed E-state index contributed by atoms with van der Waals surface area (Å²) in [5, 5.41) is 3.51. The van der Waals surface area contributed by atoms with Gasteiger partial charge >= 0.3 is 0 Å². The van der Waals surface area contributed by atoms with Crippen molar-refractivity contribution in [3.8, 4) is 0 Å². The molecule has 2 atom stereocenters. The molecule has 0 saturated heterocycles. The Balaban J connectivity index is 1.42. The van der Waals surface area contributed by atoms with Crippen molar-refractivity contribution in [1.82, 2.24) is 9.97 Å². The van der Waals surface area contributed by atoms with E-state index in [0.29, 0.717) is 11.7 Å². The zero-order valence-corrected chi connectivity index (χ0v) is 22.4. The second kappa shape index (κ2) is 9.15. The van der Waals surface area contributed by atoms with Gasteiger partial charge in [-0.1, -0.05) is 0 Å². The van der Waals surface area contributed by atoms with Crippen LogP contribution in [-0.4, -0.2) is 35.9 Å². The predicted molar refractivity (Wildman–Crippen MR) is 146 cm³/mol. The van der Waals surface area contributed by atoms with Crippen LogP contribution in [0.5, 0.6) is 0 Å². The van der Waals surface area contributed by atoms with Gasteiger partial charge in [-0.05, 0) is 111 Å². The van der Waals surface area contributed by atoms with Gasteiger partial charge < -0.3 is 14.8 Å². The molecule has 0 amide bonds. The number of aliphatic imine (C=N–C) groups is 2. The standard InChI is InChI=1S/C30H33N5O2/c1-15-11-21-22(12-16(15)2)30(34-26-14-18(4)20-8-10-24(37-6)28(20)32-26)35-29(21)33-25-13-17(3)19-7-9-23(36-5)27(19)31-25/h11-14,23-24H,7-10H2,1-6H3,(H,31,32,33,34,35)/t23-,24-/m1/s1. The fraction of sp³-hybridized carbons (Fsp3) is 0.400. The van der Waals surface area contributed by atoms with E-state index in [9.17, 15) is 0 Å². The highest BCUT2D eigenvalue weighted by molar-refractivity contribution is 6.26. The van der Waals surface area contributed by atoms with Gasteiger partial charge in [0.2, 0.25) is 0 Å². The minimum atomic E-state index is 0.0281. The molecule has 1 aliphatic heterocycles. The zero-order valence-electron chi connectivity index (χ0n) is 22.4. The molecule has 0 spiro atoms. The van der Waals surface area contributed by atoms with Crippen LogP contribution in [0.25, 0.3) is 0 Å². The minimum Gasteiger partial charge on any atom is -0.375 e. The molecule has 37 heavy (non-hydrogen) atoms. The molecule has 2 aromatic heterocycles. The van der Waals surface area contributed by atoms with E-state index in [2.05, 4.69) is 57.3 Å². The zero-order chi connectivity index (χ0) is 25.8. The van der Waals surface area contributed by atoms with Crippen molar-refractivity contribution in [2.45, 2.75) is 65.6 Å². The van der Waals surface area contributed by atoms with Crippen LogP contribution < -0.4 is 5.32 Å². The Bertz CT molecular complexity index is 1490. The number of benzene rings is 1. The summed E-state index contributed by atoms with van der Waals surface area (Å²) in [6.07, 6.45) is 4.00. The average Bonchev–Trinajstić information content (AvgIpc) is 3.56. The van der Waals surface area contributed by atoms with Crippen molar-refractivity contribution >= 4 is 23.3 Å². The predicted octanol–water partition coefficient (Wildman–Crippen LogP) is 5.93. The number of rotatable bonds is 4. The number of anilines is 1. The first-order valence-electron chi connectivity index (χ1n) is 13.0. The molecule has 3 aliphatic rings. The topological polar surface area (TPSA) is 81.0 Å². The molecule has 7 nitrogen and oxygen atoms in total. The summed E-state index contributed by atoms with van der Waals surface area (Å²) >= 11 is 0. The molecule has 190 valence electrons. The van der Waals surface area contributed by atoms with Crippen LogP contribution in [-0.2, 0) is 22.3 Å². The molecule has 1 aromatic carbocycles. The van der Waals surface area contributed by atoms with Crippen molar-refractivity contribution in [1.29, 1.82) is 0 Å². The van der Waals surface area contributed by atoms with Gasteiger partial charge in [-0.25, -0.2) is 20.0 Å². The number of methoxy groups -OCH3 is 2. The highest BCUT2D eigenvalue weighted by Crippen LogP contribution is 2.37. The summed E-state index contributed by atoms with van der Waals surface area (Å²) in [5.41, 5.74) is 11.5. The van der Waals surface area contributed by atoms with Crippen LogP contribution in [0.1, 0.15) is 80.9 Å². The molecule has 1 N–H and O–H groups in total. The number of ether oxygens (including phenoxy) is 2. The van der Waals surface area contributed by atoms with Crippen LogP contribution in [0.4, 0.5) is 11.6 Å². The monoisotopic (exact) mass is 495 g/mol. The van der Waals surface area contributed by atoms with Crippen molar-refractivity contribution in [3.05, 3.63) is 80.2 Å². The van der Waals surface area contributed by atoms with Gasteiger partial charge in [-0.2, -0.15) is 0 Å². The van der Waals surface area contributed by atoms with Crippen LogP contribution in [0.2, 0.25) is 0 Å². The molecule has 3 aromatic rings. The Morgan fingerprint density at radius 2 is 1.35 bits per heavy atom. The van der Waals surface area contributed by atoms with Crippen molar-refractivity contribution in [2.75, 3.05) is 19.5 Å². The second-order valence-corrected chi connectivity index (χ2v) is 10.4. The molecule has 0 saturated carbocycles. The summed E-state index contributed by atoms with van der Waals surface area (Å²) < 4.78 is 11.4. The van der Waals surface area contributed by atoms with E-state index >= 15 is 0 Å². The molecule has 7 heteroatoms. The number of amidine groups is 2. The van der Waals surface area contributed by atoms with Gasteiger partial charge in [-0.3, -0.25) is 0 Å². The lowest BCUT2D eigenvalue weighted by atomic mass is 10.00. The quantitative estimate of drug-likeness (QED) is 0.485. The first-order valence-corrected chi connectivity index (χ1v) is 13.0.